The molecule has 0 aromatic carbocycles. The van der Waals surface area contributed by atoms with E-state index in [4.69, 9.17) is 0 Å². The molecule has 0 bridgehead atoms. The number of hydrogen-bond donors (Lipinski definition) is 0. The van der Waals surface area contributed by atoms with Crippen LogP contribution in [0.15, 0.2) is 34.0 Å². The van der Waals surface area contributed by atoms with Crippen LogP contribution in [0.2, 0.25) is 0 Å². The van der Waals surface area contributed by atoms with Gasteiger partial charge in [-0.25, -0.2) is 0 Å². The molecule has 2 heterocycles. The zero-order valence-corrected chi connectivity index (χ0v) is 17.3. The van der Waals surface area contributed by atoms with Gasteiger partial charge in [0.2, 0.25) is 0 Å². The molecule has 0 atom stereocenters. The van der Waals surface area contributed by atoms with Crippen molar-refractivity contribution in [3.8, 4) is 0 Å². The minimum atomic E-state index is 0.188. The van der Waals surface area contributed by atoms with Crippen LogP contribution >= 0.6 is 22.7 Å². The maximum atomic E-state index is 13.1. The van der Waals surface area contributed by atoms with Crippen LogP contribution in [0, 0.1) is 25.2 Å². The van der Waals surface area contributed by atoms with Crippen LogP contribution in [0.1, 0.15) is 54.5 Å². The summed E-state index contributed by atoms with van der Waals surface area (Å²) < 4.78 is 0. The summed E-state index contributed by atoms with van der Waals surface area (Å²) in [6.45, 7) is 11.1. The van der Waals surface area contributed by atoms with Gasteiger partial charge in [-0.15, -0.1) is 22.7 Å². The second kappa shape index (κ2) is 7.05. The second-order valence-electron chi connectivity index (χ2n) is 8.08. The molecule has 1 aliphatic rings. The first-order valence-electron chi connectivity index (χ1n) is 8.79. The average Bonchev–Trinajstić information content (AvgIpc) is 3.11. The Hall–Kier alpha value is -1.45. The Kier molecular flexibility index (Phi) is 5.17. The van der Waals surface area contributed by atoms with Crippen LogP contribution in [-0.4, -0.2) is 5.78 Å². The van der Waals surface area contributed by atoms with E-state index in [-0.39, 0.29) is 11.2 Å². The molecule has 0 saturated heterocycles. The topological polar surface area (TPSA) is 17.1 Å². The summed E-state index contributed by atoms with van der Waals surface area (Å²) >= 11 is 3.43. The van der Waals surface area contributed by atoms with Crippen molar-refractivity contribution in [1.29, 1.82) is 0 Å². The van der Waals surface area contributed by atoms with E-state index in [1.807, 2.05) is 0 Å². The molecule has 25 heavy (non-hydrogen) atoms. The van der Waals surface area contributed by atoms with Gasteiger partial charge in [0, 0.05) is 20.9 Å². The standard InChI is InChI=1S/C22H26OS2/c1-14-6-8-24-19(14)12-16-10-18(22(3,4)5)11-17(21(16)23)13-20-15(2)7-9-25-20/h6-9,12-13,18H,10-11H2,1-5H3/b16-12+,17-13+. The van der Waals surface area contributed by atoms with Gasteiger partial charge in [-0.05, 0) is 84.2 Å². The first-order valence-corrected chi connectivity index (χ1v) is 10.6. The Morgan fingerprint density at radius 3 is 1.68 bits per heavy atom. The van der Waals surface area contributed by atoms with Gasteiger partial charge in [0.15, 0.2) is 5.78 Å². The molecule has 2 aromatic rings. The lowest BCUT2D eigenvalue weighted by atomic mass is 9.68. The third kappa shape index (κ3) is 4.04. The summed E-state index contributed by atoms with van der Waals surface area (Å²) in [5, 5.41) is 4.20. The molecule has 132 valence electrons. The minimum absolute atomic E-state index is 0.188. The van der Waals surface area contributed by atoms with Crippen molar-refractivity contribution >= 4 is 40.6 Å². The summed E-state index contributed by atoms with van der Waals surface area (Å²) in [6, 6.07) is 4.24. The molecule has 1 fully saturated rings. The van der Waals surface area contributed by atoms with Crippen molar-refractivity contribution in [2.24, 2.45) is 11.3 Å². The molecule has 0 aliphatic heterocycles. The van der Waals surface area contributed by atoms with Crippen molar-refractivity contribution in [3.05, 3.63) is 54.9 Å². The molecule has 0 unspecified atom stereocenters. The lowest BCUT2D eigenvalue weighted by Gasteiger charge is -2.35. The van der Waals surface area contributed by atoms with E-state index in [1.54, 1.807) is 22.7 Å². The quantitative estimate of drug-likeness (QED) is 0.524. The summed E-state index contributed by atoms with van der Waals surface area (Å²) in [7, 11) is 0. The minimum Gasteiger partial charge on any atom is -0.289 e. The molecular formula is C22H26OS2. The number of carbonyl (C=O) groups is 1. The fourth-order valence-corrected chi connectivity index (χ4v) is 5.00. The number of carbonyl (C=O) groups excluding carboxylic acids is 1. The Bertz CT molecular complexity index is 777. The molecule has 3 heteroatoms. The van der Waals surface area contributed by atoms with Crippen LogP contribution in [0.3, 0.4) is 0 Å². The van der Waals surface area contributed by atoms with Gasteiger partial charge in [-0.1, -0.05) is 20.8 Å². The first kappa shape index (κ1) is 18.3. The van der Waals surface area contributed by atoms with E-state index in [0.717, 1.165) is 24.0 Å². The van der Waals surface area contributed by atoms with Crippen LogP contribution in [-0.2, 0) is 4.79 Å². The Labute approximate surface area is 159 Å². The third-order valence-electron chi connectivity index (χ3n) is 5.15. The number of thiophene rings is 2. The van der Waals surface area contributed by atoms with E-state index < -0.39 is 0 Å². The summed E-state index contributed by atoms with van der Waals surface area (Å²) in [6.07, 6.45) is 6.02. The van der Waals surface area contributed by atoms with E-state index in [1.165, 1.54) is 20.9 Å². The SMILES string of the molecule is Cc1ccsc1/C=C1\CC(C(C)(C)C)C/C(=C\c2sccc2C)C1=O. The van der Waals surface area contributed by atoms with Gasteiger partial charge >= 0.3 is 0 Å². The number of rotatable bonds is 2. The number of Topliss-reactive ketones (excluding diaryl/α,β-unsaturated/α-hetero) is 1. The van der Waals surface area contributed by atoms with E-state index in [2.05, 4.69) is 69.7 Å². The van der Waals surface area contributed by atoms with Gasteiger partial charge in [-0.2, -0.15) is 0 Å². The van der Waals surface area contributed by atoms with Gasteiger partial charge in [0.05, 0.1) is 0 Å². The smallest absolute Gasteiger partial charge is 0.185 e. The van der Waals surface area contributed by atoms with Crippen LogP contribution in [0.4, 0.5) is 0 Å². The molecule has 3 rings (SSSR count). The van der Waals surface area contributed by atoms with Gasteiger partial charge in [0.1, 0.15) is 0 Å². The maximum Gasteiger partial charge on any atom is 0.185 e. The molecule has 0 N–H and O–H groups in total. The van der Waals surface area contributed by atoms with Crippen LogP contribution < -0.4 is 0 Å². The average molecular weight is 371 g/mol. The van der Waals surface area contributed by atoms with Crippen molar-refractivity contribution < 1.29 is 4.79 Å². The molecule has 0 spiro atoms. The maximum absolute atomic E-state index is 13.1. The third-order valence-corrected chi connectivity index (χ3v) is 7.09. The van der Waals surface area contributed by atoms with Crippen molar-refractivity contribution in [3.63, 3.8) is 0 Å². The van der Waals surface area contributed by atoms with Gasteiger partial charge in [0.25, 0.3) is 0 Å². The molecule has 1 aliphatic carbocycles. The van der Waals surface area contributed by atoms with Gasteiger partial charge in [-0.3, -0.25) is 4.79 Å². The molecule has 1 nitrogen and oxygen atoms in total. The van der Waals surface area contributed by atoms with E-state index >= 15 is 0 Å². The highest BCUT2D eigenvalue weighted by Crippen LogP contribution is 2.42. The van der Waals surface area contributed by atoms with E-state index in [0.29, 0.717) is 5.92 Å². The number of hydrogen-bond acceptors (Lipinski definition) is 3. The van der Waals surface area contributed by atoms with Crippen LogP contribution in [0.5, 0.6) is 0 Å². The predicted molar refractivity (Wildman–Crippen MR) is 111 cm³/mol. The molecular weight excluding hydrogens is 344 g/mol. The van der Waals surface area contributed by atoms with Crippen molar-refractivity contribution in [2.45, 2.75) is 47.5 Å². The Morgan fingerprint density at radius 2 is 1.36 bits per heavy atom. The largest absolute Gasteiger partial charge is 0.289 e. The zero-order valence-electron chi connectivity index (χ0n) is 15.7. The zero-order chi connectivity index (χ0) is 18.2. The Balaban J connectivity index is 2.02. The van der Waals surface area contributed by atoms with Gasteiger partial charge < -0.3 is 0 Å². The van der Waals surface area contributed by atoms with Crippen molar-refractivity contribution in [1.82, 2.24) is 0 Å². The monoisotopic (exact) mass is 370 g/mol. The number of aryl methyl sites for hydroxylation is 2. The molecule has 1 saturated carbocycles. The summed E-state index contributed by atoms with van der Waals surface area (Å²) in [5.74, 6) is 0.726. The molecule has 0 amide bonds. The fourth-order valence-electron chi connectivity index (χ4n) is 3.24. The normalized spacial score (nSPS) is 22.1. The lowest BCUT2D eigenvalue weighted by molar-refractivity contribution is -0.113. The van der Waals surface area contributed by atoms with E-state index in [9.17, 15) is 4.79 Å². The first-order chi connectivity index (χ1) is 11.8. The highest BCUT2D eigenvalue weighted by atomic mass is 32.1. The predicted octanol–water partition coefficient (Wildman–Crippen LogP) is 6.92. The molecule has 0 radical (unpaired) electrons. The number of allylic oxidation sites excluding steroid dienone is 2. The van der Waals surface area contributed by atoms with Crippen LogP contribution in [0.25, 0.3) is 12.2 Å². The molecule has 2 aromatic heterocycles. The lowest BCUT2D eigenvalue weighted by Crippen LogP contribution is -2.29. The highest BCUT2D eigenvalue weighted by Gasteiger charge is 2.34. The fraction of sp³-hybridized carbons (Fsp3) is 0.409. The summed E-state index contributed by atoms with van der Waals surface area (Å²) in [4.78, 5) is 15.6. The second-order valence-corrected chi connectivity index (χ2v) is 9.97. The van der Waals surface area contributed by atoms with Crippen molar-refractivity contribution in [2.75, 3.05) is 0 Å². The highest BCUT2D eigenvalue weighted by molar-refractivity contribution is 7.11. The summed E-state index contributed by atoms with van der Waals surface area (Å²) in [5.41, 5.74) is 4.63. The number of ketones is 1. The Morgan fingerprint density at radius 1 is 0.920 bits per heavy atom.